The van der Waals surface area contributed by atoms with Crippen LogP contribution in [-0.2, 0) is 9.53 Å². The van der Waals surface area contributed by atoms with Crippen LogP contribution in [0.3, 0.4) is 0 Å². The van der Waals surface area contributed by atoms with Gasteiger partial charge in [-0.05, 0) is 44.2 Å². The van der Waals surface area contributed by atoms with E-state index in [2.05, 4.69) is 15.3 Å². The van der Waals surface area contributed by atoms with Gasteiger partial charge in [-0.25, -0.2) is 19.2 Å². The van der Waals surface area contributed by atoms with Crippen LogP contribution in [0.2, 0.25) is 0 Å². The van der Waals surface area contributed by atoms with Crippen molar-refractivity contribution >= 4 is 23.7 Å². The van der Waals surface area contributed by atoms with Crippen molar-refractivity contribution in [1.82, 2.24) is 9.97 Å². The van der Waals surface area contributed by atoms with Crippen molar-refractivity contribution in [3.05, 3.63) is 36.3 Å². The van der Waals surface area contributed by atoms with E-state index in [9.17, 15) is 14.0 Å². The molecule has 8 nitrogen and oxygen atoms in total. The van der Waals surface area contributed by atoms with Crippen molar-refractivity contribution in [3.63, 3.8) is 0 Å². The number of benzene rings is 1. The number of hydrogen-bond donors (Lipinski definition) is 2. The second kappa shape index (κ2) is 8.64. The maximum Gasteiger partial charge on any atom is 0.414 e. The van der Waals surface area contributed by atoms with E-state index in [0.29, 0.717) is 56.0 Å². The van der Waals surface area contributed by atoms with Gasteiger partial charge in [-0.3, -0.25) is 9.69 Å². The highest BCUT2D eigenvalue weighted by molar-refractivity contribution is 5.89. The zero-order valence-corrected chi connectivity index (χ0v) is 16.4. The zero-order valence-electron chi connectivity index (χ0n) is 16.4. The minimum Gasteiger partial charge on any atom is -0.481 e. The Morgan fingerprint density at radius 3 is 2.80 bits per heavy atom. The van der Waals surface area contributed by atoms with Gasteiger partial charge in [0.05, 0.1) is 18.7 Å². The predicted octanol–water partition coefficient (Wildman–Crippen LogP) is 3.68. The highest BCUT2D eigenvalue weighted by Gasteiger charge is 2.26. The van der Waals surface area contributed by atoms with Gasteiger partial charge in [0.2, 0.25) is 5.95 Å². The molecule has 0 unspecified atom stereocenters. The number of anilines is 2. The Balaban J connectivity index is 1.52. The average Bonchev–Trinajstić information content (AvgIpc) is 2.76. The second-order valence-corrected chi connectivity index (χ2v) is 7.59. The van der Waals surface area contributed by atoms with Crippen molar-refractivity contribution in [2.45, 2.75) is 38.1 Å². The van der Waals surface area contributed by atoms with E-state index in [0.717, 1.165) is 12.6 Å². The Morgan fingerprint density at radius 2 is 2.07 bits per heavy atom. The average molecular weight is 414 g/mol. The van der Waals surface area contributed by atoms with E-state index in [-0.39, 0.29) is 17.7 Å². The fourth-order valence-electron chi connectivity index (χ4n) is 3.91. The normalized spacial score (nSPS) is 21.8. The van der Waals surface area contributed by atoms with Crippen LogP contribution in [0.4, 0.5) is 20.8 Å². The lowest BCUT2D eigenvalue weighted by Gasteiger charge is -2.27. The molecule has 9 heteroatoms. The molecule has 2 heterocycles. The molecule has 0 spiro atoms. The van der Waals surface area contributed by atoms with Crippen LogP contribution in [0, 0.1) is 11.7 Å². The van der Waals surface area contributed by atoms with Crippen molar-refractivity contribution in [3.8, 4) is 11.3 Å². The first kappa shape index (κ1) is 20.1. The zero-order chi connectivity index (χ0) is 21.1. The standard InChI is InChI=1S/C21H23FN4O4/c22-17-12-23-20(24-15-7-5-13(6-8-15)19(27)28)25-18(17)14-3-1-4-16(11-14)26-9-2-10-30-21(26)29/h1,3-4,11-13,15H,2,5-10H2,(H,27,28)(H,23,24,25)/t13-,15-. The van der Waals surface area contributed by atoms with E-state index in [1.165, 1.54) is 4.90 Å². The number of amides is 1. The SMILES string of the molecule is O=C1OCCCN1c1cccc(-c2nc(N[C@H]3CC[C@H](C(=O)O)CC3)ncc2F)c1. The number of ether oxygens (including phenoxy) is 1. The molecule has 1 aliphatic carbocycles. The number of carboxylic acids is 1. The Hall–Kier alpha value is -3.23. The van der Waals surface area contributed by atoms with Crippen molar-refractivity contribution in [2.75, 3.05) is 23.4 Å². The summed E-state index contributed by atoms with van der Waals surface area (Å²) in [6.45, 7) is 0.944. The van der Waals surface area contributed by atoms with Gasteiger partial charge < -0.3 is 15.2 Å². The number of aromatic nitrogens is 2. The smallest absolute Gasteiger partial charge is 0.414 e. The molecule has 1 amide bonds. The summed E-state index contributed by atoms with van der Waals surface area (Å²) >= 11 is 0. The van der Waals surface area contributed by atoms with Crippen LogP contribution < -0.4 is 10.2 Å². The number of nitrogens with one attached hydrogen (secondary N) is 1. The van der Waals surface area contributed by atoms with Crippen LogP contribution in [0.1, 0.15) is 32.1 Å². The molecule has 2 aromatic rings. The Bertz CT molecular complexity index is 946. The molecule has 1 aromatic carbocycles. The fourth-order valence-corrected chi connectivity index (χ4v) is 3.91. The number of carbonyl (C=O) groups excluding carboxylic acids is 1. The van der Waals surface area contributed by atoms with Crippen LogP contribution in [0.5, 0.6) is 0 Å². The van der Waals surface area contributed by atoms with E-state index >= 15 is 0 Å². The van der Waals surface area contributed by atoms with Gasteiger partial charge in [0.1, 0.15) is 5.69 Å². The molecule has 0 bridgehead atoms. The second-order valence-electron chi connectivity index (χ2n) is 7.59. The lowest BCUT2D eigenvalue weighted by molar-refractivity contribution is -0.142. The maximum absolute atomic E-state index is 14.5. The summed E-state index contributed by atoms with van der Waals surface area (Å²) in [6, 6.07) is 7.00. The molecule has 2 N–H and O–H groups in total. The molecule has 0 atom stereocenters. The Labute approximate surface area is 173 Å². The van der Waals surface area contributed by atoms with Gasteiger partial charge in [0.15, 0.2) is 5.82 Å². The summed E-state index contributed by atoms with van der Waals surface area (Å²) in [4.78, 5) is 33.0. The summed E-state index contributed by atoms with van der Waals surface area (Å²) in [7, 11) is 0. The predicted molar refractivity (Wildman–Crippen MR) is 108 cm³/mol. The molecular formula is C21H23FN4O4. The number of halogens is 1. The molecule has 2 fully saturated rings. The van der Waals surface area contributed by atoms with Gasteiger partial charge in [0.25, 0.3) is 0 Å². The number of carbonyl (C=O) groups is 2. The van der Waals surface area contributed by atoms with Crippen LogP contribution in [-0.4, -0.2) is 46.3 Å². The van der Waals surface area contributed by atoms with Crippen LogP contribution in [0.25, 0.3) is 11.3 Å². The monoisotopic (exact) mass is 414 g/mol. The Morgan fingerprint density at radius 1 is 1.27 bits per heavy atom. The number of aliphatic carboxylic acids is 1. The summed E-state index contributed by atoms with van der Waals surface area (Å²) in [5.74, 6) is -1.33. The molecule has 1 saturated carbocycles. The summed E-state index contributed by atoms with van der Waals surface area (Å²) in [5, 5.41) is 12.3. The van der Waals surface area contributed by atoms with Crippen LogP contribution in [0.15, 0.2) is 30.5 Å². The fraction of sp³-hybridized carbons (Fsp3) is 0.429. The number of hydrogen-bond acceptors (Lipinski definition) is 6. The van der Waals surface area contributed by atoms with E-state index in [4.69, 9.17) is 9.84 Å². The van der Waals surface area contributed by atoms with Crippen LogP contribution >= 0.6 is 0 Å². The topological polar surface area (TPSA) is 105 Å². The lowest BCUT2D eigenvalue weighted by Crippen LogP contribution is -2.37. The first-order valence-electron chi connectivity index (χ1n) is 10.1. The molecule has 1 saturated heterocycles. The summed E-state index contributed by atoms with van der Waals surface area (Å²) in [5.41, 5.74) is 1.29. The van der Waals surface area contributed by atoms with E-state index in [1.807, 2.05) is 0 Å². The van der Waals surface area contributed by atoms with Gasteiger partial charge >= 0.3 is 12.1 Å². The largest absolute Gasteiger partial charge is 0.481 e. The Kier molecular flexibility index (Phi) is 5.78. The third-order valence-corrected chi connectivity index (χ3v) is 5.56. The number of carboxylic acid groups (broad SMARTS) is 1. The molecule has 0 radical (unpaired) electrons. The van der Waals surface area contributed by atoms with Crippen molar-refractivity contribution < 1.29 is 23.8 Å². The molecule has 4 rings (SSSR count). The minimum atomic E-state index is -0.758. The molecular weight excluding hydrogens is 391 g/mol. The van der Waals surface area contributed by atoms with E-state index < -0.39 is 17.9 Å². The third kappa shape index (κ3) is 4.34. The molecule has 1 aromatic heterocycles. The molecule has 2 aliphatic rings. The van der Waals surface area contributed by atoms with E-state index in [1.54, 1.807) is 24.3 Å². The highest BCUT2D eigenvalue weighted by Crippen LogP contribution is 2.29. The highest BCUT2D eigenvalue weighted by atomic mass is 19.1. The minimum absolute atomic E-state index is 0.0494. The third-order valence-electron chi connectivity index (χ3n) is 5.56. The molecule has 30 heavy (non-hydrogen) atoms. The van der Waals surface area contributed by atoms with Gasteiger partial charge in [-0.1, -0.05) is 12.1 Å². The summed E-state index contributed by atoms with van der Waals surface area (Å²) < 4.78 is 19.6. The lowest BCUT2D eigenvalue weighted by atomic mass is 9.86. The number of nitrogens with zero attached hydrogens (tertiary/aromatic N) is 3. The molecule has 158 valence electrons. The van der Waals surface area contributed by atoms with Crippen molar-refractivity contribution in [1.29, 1.82) is 0 Å². The van der Waals surface area contributed by atoms with Gasteiger partial charge in [-0.15, -0.1) is 0 Å². The number of rotatable bonds is 5. The number of cyclic esters (lactones) is 1. The van der Waals surface area contributed by atoms with Gasteiger partial charge in [-0.2, -0.15) is 0 Å². The summed E-state index contributed by atoms with van der Waals surface area (Å²) in [6.07, 6.45) is 4.01. The van der Waals surface area contributed by atoms with Gasteiger partial charge in [0, 0.05) is 23.8 Å². The maximum atomic E-state index is 14.5. The molecule has 1 aliphatic heterocycles. The first-order chi connectivity index (χ1) is 14.5. The van der Waals surface area contributed by atoms with Crippen molar-refractivity contribution in [2.24, 2.45) is 5.92 Å². The quantitative estimate of drug-likeness (QED) is 0.769. The first-order valence-corrected chi connectivity index (χ1v) is 10.1.